The van der Waals surface area contributed by atoms with Crippen LogP contribution in [-0.2, 0) is 0 Å². The Balaban J connectivity index is 0.000000139. The van der Waals surface area contributed by atoms with Crippen LogP contribution in [0.4, 0.5) is 34.1 Å². The highest BCUT2D eigenvalue weighted by Crippen LogP contribution is 2.44. The first-order chi connectivity index (χ1) is 44.6. The van der Waals surface area contributed by atoms with Crippen molar-refractivity contribution in [3.05, 3.63) is 340 Å². The maximum absolute atomic E-state index is 6.32. The molecule has 0 saturated heterocycles. The van der Waals surface area contributed by atoms with E-state index in [9.17, 15) is 0 Å². The van der Waals surface area contributed by atoms with Gasteiger partial charge in [0.25, 0.3) is 0 Å². The molecule has 0 radical (unpaired) electrons. The Labute approximate surface area is 520 Å². The summed E-state index contributed by atoms with van der Waals surface area (Å²) in [5.41, 5.74) is 17.3. The van der Waals surface area contributed by atoms with Crippen molar-refractivity contribution in [2.24, 2.45) is 0 Å². The van der Waals surface area contributed by atoms with E-state index in [0.29, 0.717) is 0 Å². The Morgan fingerprint density at radius 3 is 1.12 bits per heavy atom. The lowest BCUT2D eigenvalue weighted by molar-refractivity contribution is 0.668. The molecule has 90 heavy (non-hydrogen) atoms. The van der Waals surface area contributed by atoms with Gasteiger partial charge >= 0.3 is 0 Å². The lowest BCUT2D eigenvalue weighted by Crippen LogP contribution is -2.09. The maximum Gasteiger partial charge on any atom is 0.137 e. The van der Waals surface area contributed by atoms with Crippen molar-refractivity contribution in [2.45, 2.75) is 0 Å². The molecule has 0 aliphatic carbocycles. The second-order valence-corrected chi connectivity index (χ2v) is 23.1. The van der Waals surface area contributed by atoms with Crippen molar-refractivity contribution < 1.29 is 8.83 Å². The number of para-hydroxylation sites is 2. The van der Waals surface area contributed by atoms with Crippen LogP contribution in [0.25, 0.3) is 131 Å². The van der Waals surface area contributed by atoms with E-state index in [1.165, 1.54) is 87.2 Å². The zero-order valence-corrected chi connectivity index (χ0v) is 49.0. The highest BCUT2D eigenvalue weighted by molar-refractivity contribution is 6.14. The molecule has 0 aliphatic heterocycles. The molecule has 0 spiro atoms. The topological polar surface area (TPSA) is 32.8 Å². The molecule has 0 amide bonds. The SMILES string of the molecule is c1ccc(-c2ccc(N(c3ccc(-c4cc5ccccc5c5ccccc45)cc3)c3ccc4c(c3)oc3ccccc34)cc2)cc1.c1ccc2c(-c3ccc(N(c4ccc5c(ccc6ccccc65)c4)c4ccc5c(c4)oc4ccccc45)cc3)cccc2c1. The first-order valence-corrected chi connectivity index (χ1v) is 30.7. The monoisotopic (exact) mass is 1150 g/mol. The van der Waals surface area contributed by atoms with Crippen LogP contribution in [0, 0.1) is 0 Å². The molecule has 16 aromatic carbocycles. The number of hydrogen-bond donors (Lipinski definition) is 0. The van der Waals surface area contributed by atoms with Crippen LogP contribution in [0.15, 0.2) is 349 Å². The maximum atomic E-state index is 6.32. The molecule has 4 nitrogen and oxygen atoms in total. The fourth-order valence-electron chi connectivity index (χ4n) is 13.5. The second kappa shape index (κ2) is 22.1. The molecule has 2 aromatic heterocycles. The fraction of sp³-hybridized carbons (Fsp3) is 0. The van der Waals surface area contributed by atoms with E-state index >= 15 is 0 Å². The van der Waals surface area contributed by atoms with Crippen molar-refractivity contribution >= 4 is 132 Å². The number of anilines is 6. The van der Waals surface area contributed by atoms with E-state index in [-0.39, 0.29) is 0 Å². The van der Waals surface area contributed by atoms with Gasteiger partial charge in [0.15, 0.2) is 0 Å². The van der Waals surface area contributed by atoms with E-state index in [2.05, 4.69) is 325 Å². The van der Waals surface area contributed by atoms with Gasteiger partial charge in [-0.25, -0.2) is 0 Å². The van der Waals surface area contributed by atoms with E-state index in [1.54, 1.807) is 0 Å². The van der Waals surface area contributed by atoms with Gasteiger partial charge in [0.05, 0.1) is 0 Å². The molecule has 4 heteroatoms. The number of benzene rings is 16. The smallest absolute Gasteiger partial charge is 0.137 e. The third-order valence-electron chi connectivity index (χ3n) is 17.9. The van der Waals surface area contributed by atoms with Gasteiger partial charge in [0.2, 0.25) is 0 Å². The number of rotatable bonds is 9. The number of nitrogens with zero attached hydrogens (tertiary/aromatic N) is 2. The lowest BCUT2D eigenvalue weighted by atomic mass is 9.93. The van der Waals surface area contributed by atoms with Gasteiger partial charge in [-0.15, -0.1) is 0 Å². The van der Waals surface area contributed by atoms with Crippen LogP contribution >= 0.6 is 0 Å². The molecule has 0 N–H and O–H groups in total. The third-order valence-corrected chi connectivity index (χ3v) is 17.9. The van der Waals surface area contributed by atoms with Gasteiger partial charge in [-0.05, 0) is 178 Å². The second-order valence-electron chi connectivity index (χ2n) is 23.1. The Morgan fingerprint density at radius 1 is 0.167 bits per heavy atom. The Bertz CT molecular complexity index is 5720. The number of hydrogen-bond acceptors (Lipinski definition) is 4. The summed E-state index contributed by atoms with van der Waals surface area (Å²) in [7, 11) is 0. The number of fused-ring (bicyclic) bond motifs is 13. The molecule has 0 atom stereocenters. The van der Waals surface area contributed by atoms with Crippen LogP contribution < -0.4 is 9.80 Å². The van der Waals surface area contributed by atoms with E-state index in [0.717, 1.165) is 78.0 Å². The summed E-state index contributed by atoms with van der Waals surface area (Å²) in [6.45, 7) is 0. The van der Waals surface area contributed by atoms with Gasteiger partial charge < -0.3 is 18.6 Å². The van der Waals surface area contributed by atoms with E-state index < -0.39 is 0 Å². The molecule has 18 aromatic rings. The number of furan rings is 2. The van der Waals surface area contributed by atoms with Crippen LogP contribution in [0.2, 0.25) is 0 Å². The van der Waals surface area contributed by atoms with Crippen molar-refractivity contribution in [3.63, 3.8) is 0 Å². The average molecular weight is 1150 g/mol. The largest absolute Gasteiger partial charge is 0.456 e. The summed E-state index contributed by atoms with van der Waals surface area (Å²) in [6, 6.07) is 121. The standard InChI is InChI=1S/C44H29NO.C42H27NO/c1-2-10-30(11-3-1)31-18-22-34(23-19-31)45(36-26-27-41-40-16-8-9-17-43(40)46-44(41)29-36)35-24-20-32(21-25-35)42-28-33-12-4-5-13-37(33)38-14-6-7-15-39(38)42;1-3-11-35-28(8-1)10-7-14-37(35)30-18-20-32(21-19-30)43(34-23-25-40-39-13-5-6-15-41(39)44-42(40)27-34)33-22-24-38-31(26-33)17-16-29-9-2-4-12-36(29)38/h1-29H;1-27H. The molecule has 2 heterocycles. The molecular formula is C86H56N2O2. The Morgan fingerprint density at radius 2 is 0.522 bits per heavy atom. The average Bonchev–Trinajstić information content (AvgIpc) is 1.59. The minimum absolute atomic E-state index is 0.879. The summed E-state index contributed by atoms with van der Waals surface area (Å²) in [6.07, 6.45) is 0. The molecule has 0 bridgehead atoms. The van der Waals surface area contributed by atoms with Crippen LogP contribution in [-0.4, -0.2) is 0 Å². The van der Waals surface area contributed by atoms with Gasteiger partial charge in [-0.2, -0.15) is 0 Å². The molecule has 0 aliphatic rings. The summed E-state index contributed by atoms with van der Waals surface area (Å²) in [5.74, 6) is 0. The van der Waals surface area contributed by atoms with Crippen LogP contribution in [0.5, 0.6) is 0 Å². The lowest BCUT2D eigenvalue weighted by Gasteiger charge is -2.26. The van der Waals surface area contributed by atoms with E-state index in [4.69, 9.17) is 8.83 Å². The molecule has 0 fully saturated rings. The minimum atomic E-state index is 0.879. The predicted octanol–water partition coefficient (Wildman–Crippen LogP) is 24.9. The minimum Gasteiger partial charge on any atom is -0.456 e. The Kier molecular flexibility index (Phi) is 12.8. The fourth-order valence-corrected chi connectivity index (χ4v) is 13.5. The highest BCUT2D eigenvalue weighted by Gasteiger charge is 2.20. The molecule has 0 saturated carbocycles. The first kappa shape index (κ1) is 52.4. The van der Waals surface area contributed by atoms with Crippen molar-refractivity contribution in [2.75, 3.05) is 9.80 Å². The van der Waals surface area contributed by atoms with Crippen LogP contribution in [0.3, 0.4) is 0 Å². The van der Waals surface area contributed by atoms with Gasteiger partial charge in [0.1, 0.15) is 22.3 Å². The molecular weight excluding hydrogens is 1090 g/mol. The highest BCUT2D eigenvalue weighted by atomic mass is 16.3. The van der Waals surface area contributed by atoms with Crippen molar-refractivity contribution in [1.29, 1.82) is 0 Å². The van der Waals surface area contributed by atoms with Crippen molar-refractivity contribution in [1.82, 2.24) is 0 Å². The van der Waals surface area contributed by atoms with Gasteiger partial charge in [0, 0.05) is 67.8 Å². The normalized spacial score (nSPS) is 11.6. The Hall–Kier alpha value is -12.0. The predicted molar refractivity (Wildman–Crippen MR) is 381 cm³/mol. The molecule has 0 unspecified atom stereocenters. The zero-order valence-electron chi connectivity index (χ0n) is 49.0. The first-order valence-electron chi connectivity index (χ1n) is 30.7. The van der Waals surface area contributed by atoms with Crippen LogP contribution in [0.1, 0.15) is 0 Å². The van der Waals surface area contributed by atoms with Gasteiger partial charge in [-0.1, -0.05) is 237 Å². The van der Waals surface area contributed by atoms with Gasteiger partial charge in [-0.3, -0.25) is 0 Å². The summed E-state index contributed by atoms with van der Waals surface area (Å²) >= 11 is 0. The van der Waals surface area contributed by atoms with Crippen molar-refractivity contribution in [3.8, 4) is 33.4 Å². The summed E-state index contributed by atoms with van der Waals surface area (Å²) in [4.78, 5) is 4.64. The summed E-state index contributed by atoms with van der Waals surface area (Å²) in [5, 5.41) is 17.1. The summed E-state index contributed by atoms with van der Waals surface area (Å²) < 4.78 is 12.6. The molecule has 18 rings (SSSR count). The van der Waals surface area contributed by atoms with E-state index in [1.807, 2.05) is 24.3 Å². The third kappa shape index (κ3) is 9.34. The zero-order chi connectivity index (χ0) is 59.5. The quantitative estimate of drug-likeness (QED) is 0.135. The molecule has 422 valence electrons.